The van der Waals surface area contributed by atoms with Gasteiger partial charge in [0.15, 0.2) is 0 Å². The maximum atomic E-state index is 10.7. The Hall–Kier alpha value is -0.630. The molecule has 0 radical (unpaired) electrons. The SMILES string of the molecule is C=C/C(Br)=C(\C=C)CCC(C)=O.CC. The first-order valence-electron chi connectivity index (χ1n) is 4.74. The van der Waals surface area contributed by atoms with Gasteiger partial charge in [0.05, 0.1) is 0 Å². The van der Waals surface area contributed by atoms with E-state index in [1.165, 1.54) is 0 Å². The van der Waals surface area contributed by atoms with Gasteiger partial charge in [-0.05, 0) is 18.9 Å². The van der Waals surface area contributed by atoms with Gasteiger partial charge in [0.2, 0.25) is 0 Å². The van der Waals surface area contributed by atoms with Crippen LogP contribution in [-0.2, 0) is 4.79 Å². The van der Waals surface area contributed by atoms with Crippen molar-refractivity contribution in [3.05, 3.63) is 35.4 Å². The van der Waals surface area contributed by atoms with Gasteiger partial charge in [0.1, 0.15) is 5.78 Å². The second-order valence-corrected chi connectivity index (χ2v) is 3.34. The minimum atomic E-state index is 0.193. The van der Waals surface area contributed by atoms with Crippen LogP contribution in [-0.4, -0.2) is 5.78 Å². The number of rotatable bonds is 5. The third kappa shape index (κ3) is 7.99. The minimum Gasteiger partial charge on any atom is -0.300 e. The van der Waals surface area contributed by atoms with Crippen LogP contribution in [0.3, 0.4) is 0 Å². The molecule has 0 aromatic heterocycles. The molecule has 0 aromatic carbocycles. The van der Waals surface area contributed by atoms with Gasteiger partial charge in [-0.15, -0.1) is 0 Å². The molecule has 0 heterocycles. The van der Waals surface area contributed by atoms with Gasteiger partial charge >= 0.3 is 0 Å². The highest BCUT2D eigenvalue weighted by molar-refractivity contribution is 9.11. The highest BCUT2D eigenvalue weighted by Crippen LogP contribution is 2.18. The van der Waals surface area contributed by atoms with Gasteiger partial charge < -0.3 is 4.79 Å². The van der Waals surface area contributed by atoms with Gasteiger partial charge in [-0.25, -0.2) is 0 Å². The number of ketones is 1. The zero-order chi connectivity index (χ0) is 11.6. The van der Waals surface area contributed by atoms with Gasteiger partial charge in [-0.1, -0.05) is 55.1 Å². The Kier molecular flexibility index (Phi) is 11.8. The maximum absolute atomic E-state index is 10.7. The summed E-state index contributed by atoms with van der Waals surface area (Å²) in [5, 5.41) is 0. The third-order valence-electron chi connectivity index (χ3n) is 1.48. The van der Waals surface area contributed by atoms with Crippen molar-refractivity contribution in [1.29, 1.82) is 0 Å². The first-order chi connectivity index (χ1) is 6.61. The van der Waals surface area contributed by atoms with Gasteiger partial charge in [-0.3, -0.25) is 0 Å². The summed E-state index contributed by atoms with van der Waals surface area (Å²) in [6.45, 7) is 12.9. The van der Waals surface area contributed by atoms with Crippen LogP contribution in [0.1, 0.15) is 33.6 Å². The fourth-order valence-corrected chi connectivity index (χ4v) is 1.12. The molecule has 0 rings (SSSR count). The predicted octanol–water partition coefficient (Wildman–Crippen LogP) is 4.40. The molecule has 0 saturated heterocycles. The van der Waals surface area contributed by atoms with Crippen molar-refractivity contribution in [3.63, 3.8) is 0 Å². The predicted molar refractivity (Wildman–Crippen MR) is 67.6 cm³/mol. The van der Waals surface area contributed by atoms with Crippen LogP contribution in [0.5, 0.6) is 0 Å². The second kappa shape index (κ2) is 10.5. The largest absolute Gasteiger partial charge is 0.300 e. The summed E-state index contributed by atoms with van der Waals surface area (Å²) in [4.78, 5) is 10.7. The fraction of sp³-hybridized carbons (Fsp3) is 0.417. The minimum absolute atomic E-state index is 0.193. The molecule has 2 heteroatoms. The van der Waals surface area contributed by atoms with Crippen LogP contribution in [0.15, 0.2) is 35.4 Å². The van der Waals surface area contributed by atoms with E-state index >= 15 is 0 Å². The highest BCUT2D eigenvalue weighted by atomic mass is 79.9. The van der Waals surface area contributed by atoms with Crippen LogP contribution in [0, 0.1) is 0 Å². The van der Waals surface area contributed by atoms with Crippen molar-refractivity contribution in [2.75, 3.05) is 0 Å². The number of hydrogen-bond donors (Lipinski definition) is 0. The average Bonchev–Trinajstić information content (AvgIpc) is 2.21. The Morgan fingerprint density at radius 2 is 1.71 bits per heavy atom. The summed E-state index contributed by atoms with van der Waals surface area (Å²) < 4.78 is 0.916. The number of carbonyl (C=O) groups excluding carboxylic acids is 1. The first-order valence-corrected chi connectivity index (χ1v) is 5.54. The van der Waals surface area contributed by atoms with E-state index in [2.05, 4.69) is 29.1 Å². The summed E-state index contributed by atoms with van der Waals surface area (Å²) >= 11 is 3.33. The molecule has 0 aromatic rings. The molecule has 80 valence electrons. The molecular weight excluding hydrogens is 240 g/mol. The number of hydrogen-bond acceptors (Lipinski definition) is 1. The van der Waals surface area contributed by atoms with Crippen LogP contribution < -0.4 is 0 Å². The Balaban J connectivity index is 0. The highest BCUT2D eigenvalue weighted by Gasteiger charge is 1.99. The molecular formula is C12H19BrO. The quantitative estimate of drug-likeness (QED) is 0.668. The first kappa shape index (κ1) is 15.8. The van der Waals surface area contributed by atoms with Gasteiger partial charge in [0, 0.05) is 10.9 Å². The Morgan fingerprint density at radius 1 is 1.21 bits per heavy atom. The summed E-state index contributed by atoms with van der Waals surface area (Å²) in [6.07, 6.45) is 4.74. The number of Topliss-reactive ketones (excluding diaryl/α,β-unsaturated/α-hetero) is 1. The van der Waals surface area contributed by atoms with Crippen LogP contribution in [0.2, 0.25) is 0 Å². The second-order valence-electron chi connectivity index (χ2n) is 2.48. The van der Waals surface area contributed by atoms with Crippen molar-refractivity contribution in [1.82, 2.24) is 0 Å². The van der Waals surface area contributed by atoms with Crippen LogP contribution in [0.25, 0.3) is 0 Å². The van der Waals surface area contributed by atoms with Crippen LogP contribution in [0.4, 0.5) is 0 Å². The van der Waals surface area contributed by atoms with Crippen molar-refractivity contribution >= 4 is 21.7 Å². The molecule has 0 N–H and O–H groups in total. The van der Waals surface area contributed by atoms with E-state index in [1.54, 1.807) is 19.1 Å². The lowest BCUT2D eigenvalue weighted by Gasteiger charge is -2.00. The molecule has 0 spiro atoms. The van der Waals surface area contributed by atoms with E-state index in [0.717, 1.165) is 16.5 Å². The normalized spacial score (nSPS) is 10.6. The standard InChI is InChI=1S/C10H13BrO.C2H6/c1-4-9(10(11)5-2)7-6-8(3)12;1-2/h4-5H,1-2,6-7H2,3H3;1-2H3/b10-9-;. The molecule has 0 bridgehead atoms. The monoisotopic (exact) mass is 258 g/mol. The zero-order valence-corrected chi connectivity index (χ0v) is 10.9. The van der Waals surface area contributed by atoms with Gasteiger partial charge in [0.25, 0.3) is 0 Å². The topological polar surface area (TPSA) is 17.1 Å². The Morgan fingerprint density at radius 3 is 2.00 bits per heavy atom. The molecule has 0 aliphatic carbocycles. The Labute approximate surface area is 95.7 Å². The van der Waals surface area contributed by atoms with Crippen molar-refractivity contribution in [3.8, 4) is 0 Å². The molecule has 0 aliphatic rings. The molecule has 0 unspecified atom stereocenters. The zero-order valence-electron chi connectivity index (χ0n) is 9.27. The summed E-state index contributed by atoms with van der Waals surface area (Å²) in [5.74, 6) is 0.193. The number of halogens is 1. The van der Waals surface area contributed by atoms with E-state index in [9.17, 15) is 4.79 Å². The lowest BCUT2D eigenvalue weighted by molar-refractivity contribution is -0.116. The van der Waals surface area contributed by atoms with Crippen molar-refractivity contribution < 1.29 is 4.79 Å². The lowest BCUT2D eigenvalue weighted by atomic mass is 10.1. The van der Waals surface area contributed by atoms with E-state index in [-0.39, 0.29) is 5.78 Å². The van der Waals surface area contributed by atoms with Crippen LogP contribution >= 0.6 is 15.9 Å². The summed E-state index contributed by atoms with van der Waals surface area (Å²) in [6, 6.07) is 0. The summed E-state index contributed by atoms with van der Waals surface area (Å²) in [5.41, 5.74) is 1.03. The van der Waals surface area contributed by atoms with E-state index in [1.807, 2.05) is 13.8 Å². The van der Waals surface area contributed by atoms with E-state index in [0.29, 0.717) is 6.42 Å². The summed E-state index contributed by atoms with van der Waals surface area (Å²) in [7, 11) is 0. The molecule has 14 heavy (non-hydrogen) atoms. The average molecular weight is 259 g/mol. The molecule has 0 saturated carbocycles. The number of allylic oxidation sites excluding steroid dienone is 4. The van der Waals surface area contributed by atoms with E-state index in [4.69, 9.17) is 0 Å². The molecule has 0 fully saturated rings. The van der Waals surface area contributed by atoms with Crippen molar-refractivity contribution in [2.24, 2.45) is 0 Å². The third-order valence-corrected chi connectivity index (χ3v) is 2.31. The molecule has 0 amide bonds. The number of carbonyl (C=O) groups is 1. The fourth-order valence-electron chi connectivity index (χ4n) is 0.761. The lowest BCUT2D eigenvalue weighted by Crippen LogP contribution is -1.91. The maximum Gasteiger partial charge on any atom is 0.130 e. The van der Waals surface area contributed by atoms with Crippen molar-refractivity contribution in [2.45, 2.75) is 33.6 Å². The molecule has 0 atom stereocenters. The molecule has 1 nitrogen and oxygen atoms in total. The smallest absolute Gasteiger partial charge is 0.130 e. The molecule has 0 aliphatic heterocycles. The Bertz CT molecular complexity index is 226. The van der Waals surface area contributed by atoms with Gasteiger partial charge in [-0.2, -0.15) is 0 Å². The van der Waals surface area contributed by atoms with E-state index < -0.39 is 0 Å².